The number of rotatable bonds is 2. The van der Waals surface area contributed by atoms with Crippen molar-refractivity contribution in [2.75, 3.05) is 13.6 Å². The SMILES string of the molecule is C=[N+](C)CC1CC(C)N1. The molecule has 1 aliphatic heterocycles. The van der Waals surface area contributed by atoms with Crippen molar-refractivity contribution >= 4 is 6.72 Å². The van der Waals surface area contributed by atoms with Crippen molar-refractivity contribution in [1.82, 2.24) is 5.32 Å². The van der Waals surface area contributed by atoms with Crippen molar-refractivity contribution < 1.29 is 4.58 Å². The van der Waals surface area contributed by atoms with Gasteiger partial charge in [-0.05, 0) is 13.3 Å². The fourth-order valence-electron chi connectivity index (χ4n) is 1.31. The van der Waals surface area contributed by atoms with Crippen LogP contribution in [-0.4, -0.2) is 37.0 Å². The van der Waals surface area contributed by atoms with E-state index in [1.165, 1.54) is 6.42 Å². The van der Waals surface area contributed by atoms with Crippen LogP contribution >= 0.6 is 0 Å². The van der Waals surface area contributed by atoms with Crippen molar-refractivity contribution in [2.24, 2.45) is 0 Å². The predicted molar refractivity (Wildman–Crippen MR) is 39.2 cm³/mol. The highest BCUT2D eigenvalue weighted by molar-refractivity contribution is 5.14. The van der Waals surface area contributed by atoms with E-state index in [0.717, 1.165) is 12.6 Å². The Balaban J connectivity index is 2.11. The van der Waals surface area contributed by atoms with Crippen LogP contribution in [0.15, 0.2) is 0 Å². The number of likely N-dealkylation sites (N-methyl/N-ethyl adjacent to an activating group) is 1. The van der Waals surface area contributed by atoms with Crippen LogP contribution in [0.3, 0.4) is 0 Å². The Labute approximate surface area is 56.6 Å². The molecule has 52 valence electrons. The Bertz CT molecular complexity index is 114. The molecule has 2 atom stereocenters. The lowest BCUT2D eigenvalue weighted by Gasteiger charge is -2.32. The number of hydrogen-bond acceptors (Lipinski definition) is 1. The average Bonchev–Trinajstić information content (AvgIpc) is 1.60. The lowest BCUT2D eigenvalue weighted by atomic mass is 9.99. The molecule has 0 bridgehead atoms. The van der Waals surface area contributed by atoms with Crippen LogP contribution in [0.5, 0.6) is 0 Å². The molecule has 0 aromatic rings. The zero-order valence-electron chi connectivity index (χ0n) is 6.22. The van der Waals surface area contributed by atoms with Crippen LogP contribution in [0.1, 0.15) is 13.3 Å². The molecule has 1 heterocycles. The lowest BCUT2D eigenvalue weighted by Crippen LogP contribution is -2.53. The molecule has 9 heavy (non-hydrogen) atoms. The van der Waals surface area contributed by atoms with Crippen LogP contribution in [0.4, 0.5) is 0 Å². The minimum absolute atomic E-state index is 0.697. The topological polar surface area (TPSA) is 15.0 Å². The van der Waals surface area contributed by atoms with E-state index in [1.807, 2.05) is 11.6 Å². The smallest absolute Gasteiger partial charge is 0.157 e. The fraction of sp³-hybridized carbons (Fsp3) is 0.857. The third-order valence-electron chi connectivity index (χ3n) is 1.69. The van der Waals surface area contributed by atoms with Gasteiger partial charge in [0, 0.05) is 6.04 Å². The normalized spacial score (nSPS) is 33.6. The minimum Gasteiger partial charge on any atom is -0.306 e. The molecule has 2 heteroatoms. The predicted octanol–water partition coefficient (Wildman–Crippen LogP) is 0.0797. The van der Waals surface area contributed by atoms with E-state index in [-0.39, 0.29) is 0 Å². The molecule has 0 spiro atoms. The highest BCUT2D eigenvalue weighted by atomic mass is 15.1. The average molecular weight is 127 g/mol. The molecule has 1 saturated heterocycles. The quantitative estimate of drug-likeness (QED) is 0.410. The molecule has 0 saturated carbocycles. The zero-order valence-corrected chi connectivity index (χ0v) is 6.22. The molecule has 1 rings (SSSR count). The highest BCUT2D eigenvalue weighted by Crippen LogP contribution is 2.09. The van der Waals surface area contributed by atoms with E-state index >= 15 is 0 Å². The second-order valence-corrected chi connectivity index (χ2v) is 3.04. The molecule has 2 nitrogen and oxygen atoms in total. The third-order valence-corrected chi connectivity index (χ3v) is 1.69. The van der Waals surface area contributed by atoms with E-state index in [0.29, 0.717) is 6.04 Å². The van der Waals surface area contributed by atoms with Gasteiger partial charge in [-0.25, -0.2) is 4.58 Å². The Morgan fingerprint density at radius 3 is 2.67 bits per heavy atom. The van der Waals surface area contributed by atoms with Gasteiger partial charge in [0.15, 0.2) is 6.54 Å². The molecule has 1 fully saturated rings. The maximum atomic E-state index is 3.78. The monoisotopic (exact) mass is 127 g/mol. The second kappa shape index (κ2) is 2.48. The molecular weight excluding hydrogens is 112 g/mol. The summed E-state index contributed by atoms with van der Waals surface area (Å²) in [6.07, 6.45) is 1.31. The van der Waals surface area contributed by atoms with Gasteiger partial charge in [0.05, 0.1) is 6.04 Å². The van der Waals surface area contributed by atoms with Gasteiger partial charge in [-0.1, -0.05) is 0 Å². The Morgan fingerprint density at radius 2 is 2.33 bits per heavy atom. The highest BCUT2D eigenvalue weighted by Gasteiger charge is 2.26. The summed E-state index contributed by atoms with van der Waals surface area (Å²) in [7, 11) is 2.00. The number of nitrogens with one attached hydrogen (secondary N) is 1. The van der Waals surface area contributed by atoms with Gasteiger partial charge in [-0.15, -0.1) is 0 Å². The first-order chi connectivity index (χ1) is 4.18. The maximum Gasteiger partial charge on any atom is 0.157 e. The van der Waals surface area contributed by atoms with Crippen LogP contribution in [0.2, 0.25) is 0 Å². The van der Waals surface area contributed by atoms with Crippen LogP contribution in [0.25, 0.3) is 0 Å². The molecule has 0 amide bonds. The van der Waals surface area contributed by atoms with E-state index < -0.39 is 0 Å². The summed E-state index contributed by atoms with van der Waals surface area (Å²) in [6, 6.07) is 1.43. The maximum absolute atomic E-state index is 3.78. The van der Waals surface area contributed by atoms with Gasteiger partial charge < -0.3 is 5.32 Å². The lowest BCUT2D eigenvalue weighted by molar-refractivity contribution is -0.494. The van der Waals surface area contributed by atoms with Gasteiger partial charge in [0.25, 0.3) is 0 Å². The van der Waals surface area contributed by atoms with Crippen LogP contribution in [-0.2, 0) is 0 Å². The second-order valence-electron chi connectivity index (χ2n) is 3.04. The molecule has 0 radical (unpaired) electrons. The molecule has 1 aliphatic rings. The van der Waals surface area contributed by atoms with Crippen molar-refractivity contribution in [3.05, 3.63) is 0 Å². The van der Waals surface area contributed by atoms with E-state index in [2.05, 4.69) is 19.0 Å². The van der Waals surface area contributed by atoms with Gasteiger partial charge in [0.2, 0.25) is 0 Å². The zero-order chi connectivity index (χ0) is 6.85. The first-order valence-electron chi connectivity index (χ1n) is 3.46. The summed E-state index contributed by atoms with van der Waals surface area (Å²) in [5.41, 5.74) is 0. The van der Waals surface area contributed by atoms with Gasteiger partial charge in [-0.3, -0.25) is 0 Å². The summed E-state index contributed by atoms with van der Waals surface area (Å²) < 4.78 is 1.98. The Hall–Kier alpha value is -0.370. The van der Waals surface area contributed by atoms with Gasteiger partial charge >= 0.3 is 0 Å². The number of hydrogen-bond donors (Lipinski definition) is 1. The summed E-state index contributed by atoms with van der Waals surface area (Å²) in [4.78, 5) is 0. The molecule has 0 aromatic carbocycles. The van der Waals surface area contributed by atoms with Crippen molar-refractivity contribution in [2.45, 2.75) is 25.4 Å². The van der Waals surface area contributed by atoms with Crippen molar-refractivity contribution in [1.29, 1.82) is 0 Å². The van der Waals surface area contributed by atoms with Crippen molar-refractivity contribution in [3.63, 3.8) is 0 Å². The van der Waals surface area contributed by atoms with Crippen LogP contribution in [0, 0.1) is 0 Å². The first-order valence-corrected chi connectivity index (χ1v) is 3.46. The summed E-state index contributed by atoms with van der Waals surface area (Å²) in [5.74, 6) is 0. The molecule has 2 unspecified atom stereocenters. The first kappa shape index (κ1) is 6.75. The van der Waals surface area contributed by atoms with Gasteiger partial charge in [-0.2, -0.15) is 0 Å². The molecule has 0 aromatic heterocycles. The number of nitrogens with zero attached hydrogens (tertiary/aromatic N) is 1. The van der Waals surface area contributed by atoms with Crippen molar-refractivity contribution in [3.8, 4) is 0 Å². The van der Waals surface area contributed by atoms with Crippen LogP contribution < -0.4 is 5.32 Å². The fourth-order valence-corrected chi connectivity index (χ4v) is 1.31. The molecule has 0 aliphatic carbocycles. The molecule has 1 N–H and O–H groups in total. The summed E-state index contributed by atoms with van der Waals surface area (Å²) in [5, 5.41) is 3.39. The van der Waals surface area contributed by atoms with E-state index in [4.69, 9.17) is 0 Å². The molecular formula is C7H15N2+. The van der Waals surface area contributed by atoms with E-state index in [9.17, 15) is 0 Å². The minimum atomic E-state index is 0.697. The summed E-state index contributed by atoms with van der Waals surface area (Å²) >= 11 is 0. The third kappa shape index (κ3) is 1.79. The standard InChI is InChI=1S/C7H15N2/c1-6-4-7(8-6)5-9(2)3/h6-8H,2,4-5H2,1,3H3/q+1. The van der Waals surface area contributed by atoms with Gasteiger partial charge in [0.1, 0.15) is 13.8 Å². The Kier molecular flexibility index (Phi) is 1.86. The largest absolute Gasteiger partial charge is 0.306 e. The Morgan fingerprint density at radius 1 is 1.78 bits per heavy atom. The van der Waals surface area contributed by atoms with E-state index in [1.54, 1.807) is 0 Å². The summed E-state index contributed by atoms with van der Waals surface area (Å²) in [6.45, 7) is 7.06.